The van der Waals surface area contributed by atoms with Gasteiger partial charge in [0.2, 0.25) is 5.91 Å². The summed E-state index contributed by atoms with van der Waals surface area (Å²) < 4.78 is 1.99. The van der Waals surface area contributed by atoms with Crippen molar-refractivity contribution >= 4 is 23.2 Å². The molecule has 0 saturated carbocycles. The van der Waals surface area contributed by atoms with E-state index in [1.54, 1.807) is 0 Å². The van der Waals surface area contributed by atoms with E-state index in [1.807, 2.05) is 77.6 Å². The molecule has 2 atom stereocenters. The van der Waals surface area contributed by atoms with Gasteiger partial charge >= 0.3 is 0 Å². The molecule has 1 saturated heterocycles. The maximum Gasteiger partial charge on any atom is 0.251 e. The zero-order valence-electron chi connectivity index (χ0n) is 15.2. The highest BCUT2D eigenvalue weighted by atomic mass is 16.2. The van der Waals surface area contributed by atoms with Gasteiger partial charge in [-0.15, -0.1) is 0 Å². The van der Waals surface area contributed by atoms with Crippen LogP contribution in [0.15, 0.2) is 73.1 Å². The Morgan fingerprint density at radius 2 is 1.75 bits per heavy atom. The Labute approximate surface area is 162 Å². The number of nitrogens with zero attached hydrogens (tertiary/aromatic N) is 2. The summed E-state index contributed by atoms with van der Waals surface area (Å²) in [5, 5.41) is 6.05. The van der Waals surface area contributed by atoms with Gasteiger partial charge in [-0.1, -0.05) is 12.1 Å². The molecule has 0 unspecified atom stereocenters. The van der Waals surface area contributed by atoms with Crippen molar-refractivity contribution in [1.29, 1.82) is 0 Å². The summed E-state index contributed by atoms with van der Waals surface area (Å²) in [6, 6.07) is 18.9. The quantitative estimate of drug-likeness (QED) is 0.743. The zero-order chi connectivity index (χ0) is 19.1. The number of benzene rings is 2. The van der Waals surface area contributed by atoms with Crippen molar-refractivity contribution in [2.75, 3.05) is 16.8 Å². The van der Waals surface area contributed by atoms with Crippen molar-refractivity contribution in [2.24, 2.45) is 0 Å². The minimum absolute atomic E-state index is 0.00785. The number of hydrogen-bond acceptors (Lipinski definition) is 3. The number of carbonyl (C=O) groups excluding carboxylic acids is 2. The Morgan fingerprint density at radius 1 is 1.00 bits per heavy atom. The molecule has 2 aromatic carbocycles. The Hall–Kier alpha value is -3.54. The van der Waals surface area contributed by atoms with E-state index in [-0.39, 0.29) is 23.9 Å². The molecule has 0 radical (unpaired) electrons. The molecule has 3 heterocycles. The van der Waals surface area contributed by atoms with Gasteiger partial charge in [-0.25, -0.2) is 0 Å². The van der Waals surface area contributed by atoms with Gasteiger partial charge < -0.3 is 20.1 Å². The number of rotatable bonds is 3. The summed E-state index contributed by atoms with van der Waals surface area (Å²) in [5.41, 5.74) is 3.47. The Morgan fingerprint density at radius 3 is 2.54 bits per heavy atom. The van der Waals surface area contributed by atoms with Crippen molar-refractivity contribution in [1.82, 2.24) is 9.88 Å². The molecule has 2 N–H and O–H groups in total. The molecule has 2 aliphatic rings. The normalized spacial score (nSPS) is 20.3. The fourth-order valence-corrected chi connectivity index (χ4v) is 4.06. The maximum atomic E-state index is 12.7. The number of carbonyl (C=O) groups is 2. The molecule has 6 heteroatoms. The summed E-state index contributed by atoms with van der Waals surface area (Å²) in [4.78, 5) is 27.2. The lowest BCUT2D eigenvalue weighted by Crippen LogP contribution is -2.44. The molecule has 28 heavy (non-hydrogen) atoms. The van der Waals surface area contributed by atoms with Crippen LogP contribution in [0.1, 0.15) is 16.8 Å². The average molecular weight is 372 g/mol. The van der Waals surface area contributed by atoms with Gasteiger partial charge in [0.15, 0.2) is 0 Å². The Kier molecular flexibility index (Phi) is 3.90. The summed E-state index contributed by atoms with van der Waals surface area (Å²) in [6.07, 6.45) is 4.53. The monoisotopic (exact) mass is 372 g/mol. The first kappa shape index (κ1) is 16.6. The minimum atomic E-state index is -0.240. The number of amides is 2. The van der Waals surface area contributed by atoms with E-state index in [0.717, 1.165) is 17.1 Å². The van der Waals surface area contributed by atoms with Gasteiger partial charge in [0.25, 0.3) is 5.91 Å². The molecular formula is C22H20N4O2. The molecule has 2 aliphatic heterocycles. The SMILES string of the molecule is O=C(N[C@@H]1C[C@H]2C(=O)Nc3ccccc3N2C1)c1ccc(-n2cccc2)cc1. The zero-order valence-corrected chi connectivity index (χ0v) is 15.2. The molecule has 1 aromatic heterocycles. The third kappa shape index (κ3) is 2.83. The molecule has 1 fully saturated rings. The molecule has 0 spiro atoms. The molecule has 6 nitrogen and oxygen atoms in total. The van der Waals surface area contributed by atoms with Crippen molar-refractivity contribution < 1.29 is 9.59 Å². The third-order valence-electron chi connectivity index (χ3n) is 5.44. The summed E-state index contributed by atoms with van der Waals surface area (Å²) in [7, 11) is 0. The molecule has 5 rings (SSSR count). The maximum absolute atomic E-state index is 12.7. The van der Waals surface area contributed by atoms with Gasteiger partial charge in [0.1, 0.15) is 6.04 Å². The lowest BCUT2D eigenvalue weighted by atomic mass is 10.1. The van der Waals surface area contributed by atoms with Crippen LogP contribution in [0.5, 0.6) is 0 Å². The van der Waals surface area contributed by atoms with Crippen LogP contribution in [0.2, 0.25) is 0 Å². The van der Waals surface area contributed by atoms with Crippen LogP contribution in [0.25, 0.3) is 5.69 Å². The van der Waals surface area contributed by atoms with E-state index in [4.69, 9.17) is 0 Å². The van der Waals surface area contributed by atoms with Crippen LogP contribution in [0.4, 0.5) is 11.4 Å². The summed E-state index contributed by atoms with van der Waals surface area (Å²) >= 11 is 0. The molecule has 3 aromatic rings. The van der Waals surface area contributed by atoms with Crippen molar-refractivity contribution in [3.05, 3.63) is 78.6 Å². The number of anilines is 2. The average Bonchev–Trinajstić information content (AvgIpc) is 3.39. The highest BCUT2D eigenvalue weighted by Gasteiger charge is 2.41. The summed E-state index contributed by atoms with van der Waals surface area (Å²) in [6.45, 7) is 0.627. The lowest BCUT2D eigenvalue weighted by Gasteiger charge is -2.32. The van der Waals surface area contributed by atoms with Crippen LogP contribution in [0.3, 0.4) is 0 Å². The van der Waals surface area contributed by atoms with Gasteiger partial charge in [-0.05, 0) is 55.0 Å². The van der Waals surface area contributed by atoms with E-state index < -0.39 is 0 Å². The number of aromatic nitrogens is 1. The second-order valence-corrected chi connectivity index (χ2v) is 7.22. The Bertz CT molecular complexity index is 1030. The van der Waals surface area contributed by atoms with Crippen molar-refractivity contribution in [3.8, 4) is 5.69 Å². The number of para-hydroxylation sites is 2. The fourth-order valence-electron chi connectivity index (χ4n) is 4.06. The van der Waals surface area contributed by atoms with Crippen LogP contribution in [-0.4, -0.2) is 35.0 Å². The van der Waals surface area contributed by atoms with Gasteiger partial charge in [0, 0.05) is 36.2 Å². The number of fused-ring (bicyclic) bond motifs is 3. The molecular weight excluding hydrogens is 352 g/mol. The van der Waals surface area contributed by atoms with E-state index in [9.17, 15) is 9.59 Å². The molecule has 0 aliphatic carbocycles. The van der Waals surface area contributed by atoms with Crippen LogP contribution < -0.4 is 15.5 Å². The van der Waals surface area contributed by atoms with Crippen molar-refractivity contribution in [3.63, 3.8) is 0 Å². The highest BCUT2D eigenvalue weighted by Crippen LogP contribution is 2.36. The van der Waals surface area contributed by atoms with Gasteiger partial charge in [-0.2, -0.15) is 0 Å². The van der Waals surface area contributed by atoms with Crippen molar-refractivity contribution in [2.45, 2.75) is 18.5 Å². The third-order valence-corrected chi connectivity index (χ3v) is 5.44. The van der Waals surface area contributed by atoms with E-state index in [0.29, 0.717) is 18.5 Å². The van der Waals surface area contributed by atoms with E-state index >= 15 is 0 Å². The van der Waals surface area contributed by atoms with Crippen LogP contribution in [0, 0.1) is 0 Å². The largest absolute Gasteiger partial charge is 0.356 e. The topological polar surface area (TPSA) is 66.4 Å². The fraction of sp³-hybridized carbons (Fsp3) is 0.182. The van der Waals surface area contributed by atoms with Gasteiger partial charge in [0.05, 0.1) is 11.4 Å². The molecule has 140 valence electrons. The number of nitrogens with one attached hydrogen (secondary N) is 2. The van der Waals surface area contributed by atoms with E-state index in [2.05, 4.69) is 15.5 Å². The standard InChI is InChI=1S/C22H20N4O2/c27-21(15-7-9-17(10-8-15)25-11-3-4-12-25)23-16-13-20-22(28)24-18-5-1-2-6-19(18)26(20)14-16/h1-12,16,20H,13-14H2,(H,23,27)(H,24,28)/t16-,20+/m1/s1. The molecule has 2 amide bonds. The minimum Gasteiger partial charge on any atom is -0.356 e. The van der Waals surface area contributed by atoms with E-state index in [1.165, 1.54) is 0 Å². The highest BCUT2D eigenvalue weighted by molar-refractivity contribution is 6.04. The predicted octanol–water partition coefficient (Wildman–Crippen LogP) is 2.81. The molecule has 0 bridgehead atoms. The predicted molar refractivity (Wildman–Crippen MR) is 108 cm³/mol. The Balaban J connectivity index is 1.30. The second kappa shape index (κ2) is 6.56. The van der Waals surface area contributed by atoms with Crippen LogP contribution >= 0.6 is 0 Å². The lowest BCUT2D eigenvalue weighted by molar-refractivity contribution is -0.117. The first-order chi connectivity index (χ1) is 13.7. The first-order valence-electron chi connectivity index (χ1n) is 9.40. The summed E-state index contributed by atoms with van der Waals surface area (Å²) in [5.74, 6) is -0.121. The van der Waals surface area contributed by atoms with Crippen LogP contribution in [-0.2, 0) is 4.79 Å². The van der Waals surface area contributed by atoms with Gasteiger partial charge in [-0.3, -0.25) is 9.59 Å². The first-order valence-corrected chi connectivity index (χ1v) is 9.40. The second-order valence-electron chi connectivity index (χ2n) is 7.22. The number of hydrogen-bond donors (Lipinski definition) is 2. The smallest absolute Gasteiger partial charge is 0.251 e.